The van der Waals surface area contributed by atoms with Crippen molar-refractivity contribution in [3.05, 3.63) is 25.3 Å². The summed E-state index contributed by atoms with van der Waals surface area (Å²) in [5.41, 5.74) is 12.6. The van der Waals surface area contributed by atoms with E-state index in [1.807, 2.05) is 0 Å². The highest BCUT2D eigenvalue weighted by atomic mass is 31.2. The Morgan fingerprint density at radius 1 is 0.833 bits per heavy atom. The van der Waals surface area contributed by atoms with E-state index in [0.717, 1.165) is 6.33 Å². The molecule has 4 aromatic rings. The van der Waals surface area contributed by atoms with E-state index in [1.54, 1.807) is 0 Å². The summed E-state index contributed by atoms with van der Waals surface area (Å²) in [6.45, 7) is -0.752. The molecule has 6 heterocycles. The predicted molar refractivity (Wildman–Crippen MR) is 137 cm³/mol. The van der Waals surface area contributed by atoms with Crippen molar-refractivity contribution >= 4 is 49.6 Å². The number of nitrogens with zero attached hydrogens (tertiary/aromatic N) is 8. The lowest BCUT2D eigenvalue weighted by Gasteiger charge is -2.26. The number of hydrogen-bond acceptors (Lipinski definition) is 15. The Bertz CT molecular complexity index is 1770. The van der Waals surface area contributed by atoms with Crippen LogP contribution in [0.3, 0.4) is 0 Å². The molecule has 2 bridgehead atoms. The van der Waals surface area contributed by atoms with Crippen molar-refractivity contribution in [3.63, 3.8) is 0 Å². The van der Waals surface area contributed by atoms with E-state index in [9.17, 15) is 18.9 Å². The monoisotopic (exact) mass is 628 g/mol. The molecule has 0 radical (unpaired) electrons. The van der Waals surface area contributed by atoms with Crippen LogP contribution >= 0.6 is 15.6 Å². The van der Waals surface area contributed by atoms with Crippen molar-refractivity contribution in [2.24, 2.45) is 0 Å². The van der Waals surface area contributed by atoms with Gasteiger partial charge in [0.05, 0.1) is 37.5 Å². The van der Waals surface area contributed by atoms with E-state index in [4.69, 9.17) is 34.3 Å². The molecule has 1 aliphatic carbocycles. The van der Waals surface area contributed by atoms with Crippen LogP contribution in [0.4, 0.5) is 16.0 Å². The first kappa shape index (κ1) is 27.6. The van der Waals surface area contributed by atoms with Gasteiger partial charge in [-0.1, -0.05) is 0 Å². The van der Waals surface area contributed by atoms with Crippen LogP contribution in [0.5, 0.6) is 0 Å². The fraction of sp³-hybridized carbons (Fsp3) is 0.500. The minimum Gasteiger partial charge on any atom is -0.382 e. The largest absolute Gasteiger partial charge is 0.472 e. The Kier molecular flexibility index (Phi) is 6.54. The van der Waals surface area contributed by atoms with Gasteiger partial charge in [-0.3, -0.25) is 22.7 Å². The molecule has 1 saturated carbocycles. The summed E-state index contributed by atoms with van der Waals surface area (Å²) >= 11 is 0. The van der Waals surface area contributed by atoms with Crippen LogP contribution < -0.4 is 11.5 Å². The molecule has 42 heavy (non-hydrogen) atoms. The number of alkyl halides is 1. The van der Waals surface area contributed by atoms with E-state index in [-0.39, 0.29) is 41.2 Å². The average Bonchev–Trinajstić information content (AvgIpc) is 3.69. The molecule has 6 N–H and O–H groups in total. The highest BCUT2D eigenvalue weighted by Gasteiger charge is 2.53. The molecular weight excluding hydrogens is 605 g/mol. The first-order valence-electron chi connectivity index (χ1n) is 12.5. The Hall–Kier alpha value is -3.19. The molecule has 0 amide bonds. The van der Waals surface area contributed by atoms with Crippen molar-refractivity contribution in [2.75, 3.05) is 18.1 Å². The predicted octanol–water partition coefficient (Wildman–Crippen LogP) is 0.788. The lowest BCUT2D eigenvalue weighted by molar-refractivity contribution is -0.0509. The standard InChI is InChI=1S/C20H23FN10O9P2/c21-12-15-11(37-20(12)31-7-29-14-17(23)25-5-27-19(14)31)3-36-41(32,33)39-10-2-8(38-42(34,35)40-15)1-9(10)30-6-28-13-16(22)24-4-26-18(13)30/h4-12,15,20H,1-3H2,(H,32,33)(H,34,35)(H2,22,24,26)(H2,23,25,27)/t8-,9+,10+,11+,12+,15+,20+/m0/s1. The molecule has 2 saturated heterocycles. The number of fused-ring (bicyclic) bond motifs is 5. The number of hydrogen-bond donors (Lipinski definition) is 4. The molecule has 2 unspecified atom stereocenters. The van der Waals surface area contributed by atoms with Crippen LogP contribution in [0.2, 0.25) is 0 Å². The van der Waals surface area contributed by atoms with Crippen molar-refractivity contribution in [3.8, 4) is 0 Å². The normalized spacial score (nSPS) is 37.5. The maximum atomic E-state index is 15.9. The maximum absolute atomic E-state index is 15.9. The lowest BCUT2D eigenvalue weighted by atomic mass is 10.1. The van der Waals surface area contributed by atoms with Gasteiger partial charge in [0, 0.05) is 6.42 Å². The topological polar surface area (TPSA) is 260 Å². The number of aromatic nitrogens is 8. The second-order valence-corrected chi connectivity index (χ2v) is 12.7. The first-order chi connectivity index (χ1) is 20.0. The van der Waals surface area contributed by atoms with E-state index in [0.29, 0.717) is 5.65 Å². The zero-order chi connectivity index (χ0) is 29.4. The van der Waals surface area contributed by atoms with Crippen molar-refractivity contribution in [1.29, 1.82) is 0 Å². The van der Waals surface area contributed by atoms with E-state index < -0.39 is 65.1 Å². The van der Waals surface area contributed by atoms with Gasteiger partial charge in [-0.25, -0.2) is 43.4 Å². The molecule has 19 nitrogen and oxygen atoms in total. The molecule has 9 atom stereocenters. The molecule has 224 valence electrons. The van der Waals surface area contributed by atoms with E-state index in [1.165, 1.54) is 28.1 Å². The Labute approximate surface area is 234 Å². The summed E-state index contributed by atoms with van der Waals surface area (Å²) in [5, 5.41) is 0. The minimum atomic E-state index is -4.95. The van der Waals surface area contributed by atoms with Gasteiger partial charge >= 0.3 is 15.6 Å². The van der Waals surface area contributed by atoms with Crippen LogP contribution in [-0.4, -0.2) is 86.0 Å². The third-order valence-corrected chi connectivity index (χ3v) is 9.40. The molecule has 0 spiro atoms. The zero-order valence-corrected chi connectivity index (χ0v) is 23.0. The van der Waals surface area contributed by atoms with Crippen molar-refractivity contribution in [1.82, 2.24) is 39.0 Å². The van der Waals surface area contributed by atoms with E-state index in [2.05, 4.69) is 29.9 Å². The number of phosphoric ester groups is 2. The smallest absolute Gasteiger partial charge is 0.382 e. The summed E-state index contributed by atoms with van der Waals surface area (Å²) in [5.74, 6) is 0.153. The molecule has 4 aromatic heterocycles. The third kappa shape index (κ3) is 4.74. The number of halogens is 1. The van der Waals surface area contributed by atoms with Crippen LogP contribution in [0.25, 0.3) is 22.3 Å². The highest BCUT2D eigenvalue weighted by Crippen LogP contribution is 2.56. The molecule has 0 aromatic carbocycles. The number of imidazole rings is 2. The quantitative estimate of drug-likeness (QED) is 0.224. The minimum absolute atomic E-state index is 0.00235. The molecular formula is C20H23FN10O9P2. The summed E-state index contributed by atoms with van der Waals surface area (Å²) in [7, 11) is -9.76. The zero-order valence-electron chi connectivity index (χ0n) is 21.2. The van der Waals surface area contributed by atoms with Gasteiger partial charge < -0.3 is 30.6 Å². The average molecular weight is 628 g/mol. The summed E-state index contributed by atoms with van der Waals surface area (Å²) < 4.78 is 72.0. The lowest BCUT2D eigenvalue weighted by Crippen LogP contribution is -2.34. The number of phosphoric acid groups is 2. The molecule has 7 rings (SSSR count). The number of ether oxygens (including phenoxy) is 1. The number of anilines is 2. The van der Waals surface area contributed by atoms with Gasteiger partial charge in [0.1, 0.15) is 35.9 Å². The van der Waals surface area contributed by atoms with Crippen molar-refractivity contribution < 1.29 is 46.1 Å². The second kappa shape index (κ2) is 9.94. The SMILES string of the molecule is Nc1ncnc2c1ncn2[C@@H]1C[C@H]2C[C@H]1OP(=O)(O)OC[C@H]1O[C@@H](n3cnc4c(N)ncnc43)[C@H](F)[C@@H]1OP(=O)(O)O2. The summed E-state index contributed by atoms with van der Waals surface area (Å²) in [4.78, 5) is 45.5. The number of rotatable bonds is 2. The maximum Gasteiger partial charge on any atom is 0.472 e. The fourth-order valence-corrected chi connectivity index (χ4v) is 7.63. The van der Waals surface area contributed by atoms with Gasteiger partial charge in [-0.05, 0) is 6.42 Å². The number of nitrogens with two attached hydrogens (primary N) is 2. The summed E-state index contributed by atoms with van der Waals surface area (Å²) in [6, 6.07) is -0.753. The highest BCUT2D eigenvalue weighted by molar-refractivity contribution is 7.47. The summed E-state index contributed by atoms with van der Waals surface area (Å²) in [6.07, 6.45) is -4.08. The van der Waals surface area contributed by atoms with Gasteiger partial charge in [0.2, 0.25) is 0 Å². The van der Waals surface area contributed by atoms with Gasteiger partial charge in [0.15, 0.2) is 35.3 Å². The van der Waals surface area contributed by atoms with Crippen LogP contribution in [-0.2, 0) is 32.0 Å². The Morgan fingerprint density at radius 2 is 1.48 bits per heavy atom. The Balaban J connectivity index is 1.19. The van der Waals surface area contributed by atoms with Crippen LogP contribution in [0.1, 0.15) is 25.1 Å². The van der Waals surface area contributed by atoms with Gasteiger partial charge in [-0.15, -0.1) is 0 Å². The van der Waals surface area contributed by atoms with Crippen LogP contribution in [0, 0.1) is 0 Å². The van der Waals surface area contributed by atoms with E-state index >= 15 is 4.39 Å². The first-order valence-corrected chi connectivity index (χ1v) is 15.5. The Morgan fingerprint density at radius 3 is 2.17 bits per heavy atom. The molecule has 22 heteroatoms. The van der Waals surface area contributed by atoms with Gasteiger partial charge in [-0.2, -0.15) is 0 Å². The fourth-order valence-electron chi connectivity index (χ4n) is 5.51. The van der Waals surface area contributed by atoms with Crippen LogP contribution in [0.15, 0.2) is 25.3 Å². The second-order valence-electron chi connectivity index (χ2n) is 9.89. The van der Waals surface area contributed by atoms with Crippen molar-refractivity contribution in [2.45, 2.75) is 55.7 Å². The third-order valence-electron chi connectivity index (χ3n) is 7.31. The molecule has 3 fully saturated rings. The number of nitrogen functional groups attached to an aromatic ring is 2. The molecule has 2 aliphatic heterocycles. The molecule has 3 aliphatic rings. The van der Waals surface area contributed by atoms with Gasteiger partial charge in [0.25, 0.3) is 0 Å².